The summed E-state index contributed by atoms with van der Waals surface area (Å²) in [6.07, 6.45) is 1.35. The lowest BCUT2D eigenvalue weighted by molar-refractivity contribution is -0.141. The third kappa shape index (κ3) is 4.08. The van der Waals surface area contributed by atoms with Crippen LogP contribution in [0.2, 0.25) is 0 Å². The highest BCUT2D eigenvalue weighted by molar-refractivity contribution is 5.71. The molecule has 0 aliphatic heterocycles. The van der Waals surface area contributed by atoms with Crippen LogP contribution >= 0.6 is 0 Å². The minimum Gasteiger partial charge on any atom is -0.481 e. The van der Waals surface area contributed by atoms with E-state index in [0.717, 1.165) is 0 Å². The van der Waals surface area contributed by atoms with E-state index in [2.05, 4.69) is 5.32 Å². The smallest absolute Gasteiger partial charge is 0.407 e. The van der Waals surface area contributed by atoms with Crippen LogP contribution in [0.25, 0.3) is 0 Å². The van der Waals surface area contributed by atoms with E-state index >= 15 is 0 Å². The van der Waals surface area contributed by atoms with Crippen molar-refractivity contribution in [2.75, 3.05) is 0 Å². The molecule has 2 N–H and O–H groups in total. The lowest BCUT2D eigenvalue weighted by atomic mass is 10.1. The first-order valence-electron chi connectivity index (χ1n) is 5.50. The molecule has 5 nitrogen and oxygen atoms in total. The number of carbonyl (C=O) groups is 2. The summed E-state index contributed by atoms with van der Waals surface area (Å²) in [6.45, 7) is 5.38. The normalized spacial score (nSPS) is 25.2. The molecule has 5 heteroatoms. The lowest BCUT2D eigenvalue weighted by Crippen LogP contribution is -2.38. The van der Waals surface area contributed by atoms with Crippen molar-refractivity contribution in [3.05, 3.63) is 0 Å². The maximum atomic E-state index is 11.4. The minimum atomic E-state index is -0.784. The predicted octanol–water partition coefficient (Wildman–Crippen LogP) is 1.76. The second-order valence-electron chi connectivity index (χ2n) is 5.19. The molecule has 1 aliphatic carbocycles. The summed E-state index contributed by atoms with van der Waals surface area (Å²) in [5.41, 5.74) is -0.519. The van der Waals surface area contributed by atoms with Gasteiger partial charge >= 0.3 is 12.1 Å². The maximum Gasteiger partial charge on any atom is 0.407 e. The van der Waals surface area contributed by atoms with Gasteiger partial charge in [-0.15, -0.1) is 0 Å². The Labute approximate surface area is 95.2 Å². The summed E-state index contributed by atoms with van der Waals surface area (Å²) in [4.78, 5) is 22.1. The second kappa shape index (κ2) is 4.72. The molecule has 1 saturated carbocycles. The largest absolute Gasteiger partial charge is 0.481 e. The van der Waals surface area contributed by atoms with Crippen LogP contribution in [0.15, 0.2) is 0 Å². The number of nitrogens with one attached hydrogen (secondary N) is 1. The van der Waals surface area contributed by atoms with Crippen molar-refractivity contribution in [3.8, 4) is 0 Å². The summed E-state index contributed by atoms with van der Waals surface area (Å²) >= 11 is 0. The van der Waals surface area contributed by atoms with E-state index in [1.165, 1.54) is 0 Å². The van der Waals surface area contributed by atoms with Gasteiger partial charge in [-0.25, -0.2) is 4.79 Å². The van der Waals surface area contributed by atoms with Gasteiger partial charge in [0.05, 0.1) is 5.92 Å². The van der Waals surface area contributed by atoms with Gasteiger partial charge in [-0.1, -0.05) is 0 Å². The number of hydrogen-bond donors (Lipinski definition) is 2. The number of carbonyl (C=O) groups excluding carboxylic acids is 1. The fourth-order valence-corrected chi connectivity index (χ4v) is 1.81. The molecule has 1 amide bonds. The van der Waals surface area contributed by atoms with E-state index in [0.29, 0.717) is 19.3 Å². The average Bonchev–Trinajstić information content (AvgIpc) is 2.48. The Morgan fingerprint density at radius 3 is 2.38 bits per heavy atom. The van der Waals surface area contributed by atoms with Crippen molar-refractivity contribution in [1.82, 2.24) is 5.32 Å². The van der Waals surface area contributed by atoms with Crippen LogP contribution in [0.5, 0.6) is 0 Å². The van der Waals surface area contributed by atoms with Crippen LogP contribution in [0, 0.1) is 5.92 Å². The molecular weight excluding hydrogens is 210 g/mol. The SMILES string of the molecule is CC(C)(C)OC(=O)NC1CC[C@H](C(=O)O)C1. The van der Waals surface area contributed by atoms with Crippen molar-refractivity contribution in [3.63, 3.8) is 0 Å². The molecule has 0 saturated heterocycles. The Bertz CT molecular complexity index is 282. The van der Waals surface area contributed by atoms with E-state index < -0.39 is 17.7 Å². The average molecular weight is 229 g/mol. The van der Waals surface area contributed by atoms with E-state index in [1.54, 1.807) is 20.8 Å². The van der Waals surface area contributed by atoms with Gasteiger partial charge in [0.15, 0.2) is 0 Å². The minimum absolute atomic E-state index is 0.0732. The molecule has 0 bridgehead atoms. The van der Waals surface area contributed by atoms with E-state index in [4.69, 9.17) is 9.84 Å². The molecule has 1 fully saturated rings. The maximum absolute atomic E-state index is 11.4. The number of amides is 1. The van der Waals surface area contributed by atoms with Gasteiger partial charge in [0.25, 0.3) is 0 Å². The molecule has 0 heterocycles. The molecule has 0 aromatic carbocycles. The first-order valence-corrected chi connectivity index (χ1v) is 5.50. The van der Waals surface area contributed by atoms with Gasteiger partial charge < -0.3 is 15.2 Å². The summed E-state index contributed by atoms with van der Waals surface area (Å²) in [5, 5.41) is 11.5. The number of rotatable bonds is 2. The number of alkyl carbamates (subject to hydrolysis) is 1. The Balaban J connectivity index is 2.34. The van der Waals surface area contributed by atoms with Gasteiger partial charge in [-0.2, -0.15) is 0 Å². The molecule has 92 valence electrons. The highest BCUT2D eigenvalue weighted by atomic mass is 16.6. The van der Waals surface area contributed by atoms with Gasteiger partial charge in [0.2, 0.25) is 0 Å². The number of carboxylic acids is 1. The predicted molar refractivity (Wildman–Crippen MR) is 58.1 cm³/mol. The van der Waals surface area contributed by atoms with Crippen LogP contribution in [-0.2, 0) is 9.53 Å². The Kier molecular flexibility index (Phi) is 3.78. The standard InChI is InChI=1S/C11H19NO4/c1-11(2,3)16-10(15)12-8-5-4-7(6-8)9(13)14/h7-8H,4-6H2,1-3H3,(H,12,15)(H,13,14)/t7-,8?/m0/s1. The van der Waals surface area contributed by atoms with Crippen molar-refractivity contribution < 1.29 is 19.4 Å². The van der Waals surface area contributed by atoms with E-state index in [1.807, 2.05) is 0 Å². The van der Waals surface area contributed by atoms with Crippen LogP contribution in [0.4, 0.5) is 4.79 Å². The third-order valence-corrected chi connectivity index (χ3v) is 2.50. The van der Waals surface area contributed by atoms with Gasteiger partial charge in [0, 0.05) is 6.04 Å². The van der Waals surface area contributed by atoms with Crippen molar-refractivity contribution in [1.29, 1.82) is 0 Å². The molecule has 0 aromatic heterocycles. The topological polar surface area (TPSA) is 75.6 Å². The van der Waals surface area contributed by atoms with Crippen LogP contribution in [0.3, 0.4) is 0 Å². The monoisotopic (exact) mass is 229 g/mol. The molecule has 1 rings (SSSR count). The summed E-state index contributed by atoms with van der Waals surface area (Å²) in [7, 11) is 0. The Morgan fingerprint density at radius 1 is 1.31 bits per heavy atom. The molecule has 16 heavy (non-hydrogen) atoms. The van der Waals surface area contributed by atoms with E-state index in [-0.39, 0.29) is 12.0 Å². The van der Waals surface area contributed by atoms with Crippen LogP contribution in [-0.4, -0.2) is 28.8 Å². The number of hydrogen-bond acceptors (Lipinski definition) is 3. The highest BCUT2D eigenvalue weighted by Gasteiger charge is 2.31. The molecule has 0 spiro atoms. The fraction of sp³-hybridized carbons (Fsp3) is 0.818. The zero-order valence-electron chi connectivity index (χ0n) is 9.95. The summed E-state index contributed by atoms with van der Waals surface area (Å²) < 4.78 is 5.10. The van der Waals surface area contributed by atoms with E-state index in [9.17, 15) is 9.59 Å². The highest BCUT2D eigenvalue weighted by Crippen LogP contribution is 2.25. The van der Waals surface area contributed by atoms with Gasteiger partial charge in [-0.05, 0) is 40.0 Å². The first kappa shape index (κ1) is 12.8. The molecule has 1 unspecified atom stereocenters. The zero-order valence-corrected chi connectivity index (χ0v) is 9.95. The summed E-state index contributed by atoms with van der Waals surface area (Å²) in [5.74, 6) is -1.12. The zero-order chi connectivity index (χ0) is 12.3. The van der Waals surface area contributed by atoms with Crippen molar-refractivity contribution in [2.24, 2.45) is 5.92 Å². The molecule has 0 aromatic rings. The lowest BCUT2D eigenvalue weighted by Gasteiger charge is -2.21. The summed E-state index contributed by atoms with van der Waals surface area (Å²) in [6, 6.07) is -0.0732. The van der Waals surface area contributed by atoms with Crippen molar-refractivity contribution in [2.45, 2.75) is 51.7 Å². The molecular formula is C11H19NO4. The Morgan fingerprint density at radius 2 is 1.94 bits per heavy atom. The second-order valence-corrected chi connectivity index (χ2v) is 5.19. The third-order valence-electron chi connectivity index (χ3n) is 2.50. The molecule has 1 aliphatic rings. The van der Waals surface area contributed by atoms with Gasteiger partial charge in [0.1, 0.15) is 5.60 Å². The number of aliphatic carboxylic acids is 1. The number of ether oxygens (including phenoxy) is 1. The first-order chi connectivity index (χ1) is 7.28. The Hall–Kier alpha value is -1.26. The van der Waals surface area contributed by atoms with Crippen LogP contribution < -0.4 is 5.32 Å². The van der Waals surface area contributed by atoms with Crippen molar-refractivity contribution >= 4 is 12.1 Å². The number of carboxylic acid groups (broad SMARTS) is 1. The van der Waals surface area contributed by atoms with Crippen LogP contribution in [0.1, 0.15) is 40.0 Å². The van der Waals surface area contributed by atoms with Gasteiger partial charge in [-0.3, -0.25) is 4.79 Å². The quantitative estimate of drug-likeness (QED) is 0.756. The fourth-order valence-electron chi connectivity index (χ4n) is 1.81. The molecule has 0 radical (unpaired) electrons. The molecule has 2 atom stereocenters.